The Labute approximate surface area is 164 Å². The smallest absolute Gasteiger partial charge is 0.422 e. The molecule has 1 N–H and O–H groups in total. The van der Waals surface area contributed by atoms with Gasteiger partial charge < -0.3 is 19.3 Å². The molecule has 0 spiro atoms. The number of aliphatic imine (C=N–C) groups is 1. The van der Waals surface area contributed by atoms with Crippen LogP contribution in [-0.2, 0) is 15.4 Å². The number of rotatable bonds is 8. The molecule has 0 aliphatic heterocycles. The molecule has 0 amide bonds. The predicted octanol–water partition coefficient (Wildman–Crippen LogP) is 0.422. The highest BCUT2D eigenvalue weighted by Crippen LogP contribution is 2.23. The van der Waals surface area contributed by atoms with Crippen LogP contribution in [0.2, 0.25) is 0 Å². The fourth-order valence-electron chi connectivity index (χ4n) is 1.65. The van der Waals surface area contributed by atoms with E-state index in [1.54, 1.807) is 5.48 Å². The van der Waals surface area contributed by atoms with Gasteiger partial charge in [0.05, 0.1) is 26.3 Å². The molecule has 0 bridgehead atoms. The van der Waals surface area contributed by atoms with Crippen LogP contribution in [0.5, 0.6) is 17.5 Å². The number of hydrogen-bond acceptors (Lipinski definition) is 10. The molecule has 11 nitrogen and oxygen atoms in total. The van der Waals surface area contributed by atoms with Crippen LogP contribution in [0.25, 0.3) is 0 Å². The molecule has 0 aliphatic rings. The largest absolute Gasteiger partial charge is 0.844 e. The second-order valence-electron chi connectivity index (χ2n) is 4.80. The van der Waals surface area contributed by atoms with Gasteiger partial charge in [0.25, 0.3) is 5.95 Å². The highest BCUT2D eigenvalue weighted by atomic mass is 32.2. The summed E-state index contributed by atoms with van der Waals surface area (Å²) in [5.74, 6) is -0.656. The van der Waals surface area contributed by atoms with Crippen LogP contribution in [0.3, 0.4) is 0 Å². The molecule has 29 heavy (non-hydrogen) atoms. The zero-order chi connectivity index (χ0) is 21.4. The van der Waals surface area contributed by atoms with Crippen molar-refractivity contribution < 1.29 is 41.0 Å². The zero-order valence-corrected chi connectivity index (χ0v) is 15.6. The van der Waals surface area contributed by atoms with Gasteiger partial charge in [-0.15, -0.1) is 0 Å². The van der Waals surface area contributed by atoms with Crippen molar-refractivity contribution >= 4 is 23.1 Å². The van der Waals surface area contributed by atoms with E-state index in [1.807, 2.05) is 0 Å². The summed E-state index contributed by atoms with van der Waals surface area (Å²) in [7, 11) is 2.65. The van der Waals surface area contributed by atoms with Crippen molar-refractivity contribution in [2.45, 2.75) is 11.2 Å². The van der Waals surface area contributed by atoms with Crippen LogP contribution in [-0.4, -0.2) is 52.2 Å². The summed E-state index contributed by atoms with van der Waals surface area (Å²) in [6.07, 6.45) is -3.46. The lowest BCUT2D eigenvalue weighted by atomic mass is 10.4. The maximum absolute atomic E-state index is 12.3. The Morgan fingerprint density at radius 3 is 2.52 bits per heavy atom. The lowest BCUT2D eigenvalue weighted by Crippen LogP contribution is -2.35. The molecule has 0 fully saturated rings. The number of hydroxylamine groups is 1. The van der Waals surface area contributed by atoms with Crippen molar-refractivity contribution in [1.82, 2.24) is 20.4 Å². The molecule has 0 radical (unpaired) electrons. The summed E-state index contributed by atoms with van der Waals surface area (Å²) < 4.78 is 67.9. The van der Waals surface area contributed by atoms with Crippen LogP contribution < -0.4 is 24.8 Å². The maximum Gasteiger partial charge on any atom is 0.422 e. The first kappa shape index (κ1) is 22.1. The molecule has 2 heterocycles. The quantitative estimate of drug-likeness (QED) is 0.352. The lowest BCUT2D eigenvalue weighted by molar-refractivity contribution is -0.228. The number of ether oxygens (including phenoxy) is 3. The number of aromatic nitrogens is 3. The molecule has 158 valence electrons. The van der Waals surface area contributed by atoms with Gasteiger partial charge in [-0.25, -0.2) is 19.7 Å². The van der Waals surface area contributed by atoms with E-state index in [1.165, 1.54) is 26.4 Å². The summed E-state index contributed by atoms with van der Waals surface area (Å²) in [5, 5.41) is 11.3. The Morgan fingerprint density at radius 2 is 1.93 bits per heavy atom. The second-order valence-corrected chi connectivity index (χ2v) is 5.82. The second kappa shape index (κ2) is 9.83. The van der Waals surface area contributed by atoms with Crippen molar-refractivity contribution in [3.05, 3.63) is 24.4 Å². The number of pyridine rings is 1. The first-order chi connectivity index (χ1) is 13.7. The summed E-state index contributed by atoms with van der Waals surface area (Å²) in [6.45, 7) is -1.63. The molecule has 2 aromatic heterocycles. The van der Waals surface area contributed by atoms with Gasteiger partial charge in [0.1, 0.15) is 0 Å². The number of hydrogen-bond donors (Lipinski definition) is 1. The van der Waals surface area contributed by atoms with Gasteiger partial charge in [-0.3, -0.25) is 0 Å². The van der Waals surface area contributed by atoms with E-state index < -0.39 is 40.7 Å². The summed E-state index contributed by atoms with van der Waals surface area (Å²) in [5.41, 5.74) is 1.72. The molecule has 0 aromatic carbocycles. The topological polar surface area (TPSA) is 140 Å². The Bertz CT molecular complexity index is 876. The van der Waals surface area contributed by atoms with Crippen molar-refractivity contribution in [2.75, 3.05) is 20.8 Å². The number of alkyl halides is 3. The number of amidine groups is 1. The average molecular weight is 436 g/mol. The third-order valence-electron chi connectivity index (χ3n) is 2.78. The van der Waals surface area contributed by atoms with Crippen molar-refractivity contribution in [3.8, 4) is 17.5 Å². The van der Waals surface area contributed by atoms with Crippen LogP contribution in [0.15, 0.2) is 34.4 Å². The van der Waals surface area contributed by atoms with Crippen LogP contribution >= 0.6 is 0 Å². The number of halogens is 3. The van der Waals surface area contributed by atoms with Gasteiger partial charge in [0.2, 0.25) is 22.8 Å². The first-order valence-electron chi connectivity index (χ1n) is 7.44. The van der Waals surface area contributed by atoms with Gasteiger partial charge in [-0.05, 0) is 12.1 Å². The highest BCUT2D eigenvalue weighted by Gasteiger charge is 2.29. The van der Waals surface area contributed by atoms with Crippen molar-refractivity contribution in [3.63, 3.8) is 0 Å². The standard InChI is InChI=1S/C14H14F3N5O6S/c1-25-9-6-10(26-2)20-12(19-9)21-13(23)22-28-29(24)11-8(4-3-5-18-11)27-7-14(15,16)17/h3-6H,7H2,1-2H3,(H2,19,20,21,22,23)/p-1. The minimum atomic E-state index is -4.61. The molecule has 0 saturated heterocycles. The number of nitrogens with one attached hydrogen (secondary N) is 1. The van der Waals surface area contributed by atoms with Crippen LogP contribution in [0.1, 0.15) is 0 Å². The molecule has 1 unspecified atom stereocenters. The van der Waals surface area contributed by atoms with Gasteiger partial charge >= 0.3 is 6.18 Å². The van der Waals surface area contributed by atoms with Gasteiger partial charge in [-0.1, -0.05) is 0 Å². The third kappa shape index (κ3) is 7.04. The van der Waals surface area contributed by atoms with Gasteiger partial charge in [0.15, 0.2) is 17.4 Å². The first-order valence-corrected chi connectivity index (χ1v) is 8.51. The summed E-state index contributed by atoms with van der Waals surface area (Å²) in [6, 6.07) is 2.56. The van der Waals surface area contributed by atoms with E-state index in [-0.39, 0.29) is 17.7 Å². The fraction of sp³-hybridized carbons (Fsp3) is 0.286. The zero-order valence-electron chi connectivity index (χ0n) is 14.8. The highest BCUT2D eigenvalue weighted by molar-refractivity contribution is 7.80. The normalized spacial score (nSPS) is 12.9. The van der Waals surface area contributed by atoms with Crippen LogP contribution in [0.4, 0.5) is 19.1 Å². The monoisotopic (exact) mass is 436 g/mol. The molecule has 0 saturated carbocycles. The summed E-state index contributed by atoms with van der Waals surface area (Å²) >= 11 is -2.50. The van der Waals surface area contributed by atoms with E-state index in [4.69, 9.17) is 9.47 Å². The van der Waals surface area contributed by atoms with E-state index in [0.717, 1.165) is 12.3 Å². The summed E-state index contributed by atoms with van der Waals surface area (Å²) in [4.78, 5) is 14.6. The fourth-order valence-corrected chi connectivity index (χ4v) is 2.31. The van der Waals surface area contributed by atoms with E-state index in [9.17, 15) is 22.5 Å². The van der Waals surface area contributed by atoms with E-state index in [0.29, 0.717) is 0 Å². The minimum Gasteiger partial charge on any atom is -0.844 e. The minimum absolute atomic E-state index is 0.0628. The molecule has 2 aromatic rings. The van der Waals surface area contributed by atoms with Crippen molar-refractivity contribution in [2.24, 2.45) is 4.99 Å². The number of nitrogens with zero attached hydrogens (tertiary/aromatic N) is 4. The molecular formula is C14H13F3N5O6S-. The molecule has 1 atom stereocenters. The van der Waals surface area contributed by atoms with E-state index >= 15 is 0 Å². The van der Waals surface area contributed by atoms with E-state index in [2.05, 4.69) is 29.0 Å². The Kier molecular flexibility index (Phi) is 7.49. The Morgan fingerprint density at radius 1 is 1.28 bits per heavy atom. The van der Waals surface area contributed by atoms with Gasteiger partial charge in [-0.2, -0.15) is 27.4 Å². The van der Waals surface area contributed by atoms with Crippen molar-refractivity contribution in [1.29, 1.82) is 0 Å². The number of methoxy groups -OCH3 is 2. The molecule has 2 rings (SSSR count). The Hall–Kier alpha value is -3.20. The maximum atomic E-state index is 12.3. The van der Waals surface area contributed by atoms with Crippen LogP contribution in [0, 0.1) is 0 Å². The average Bonchev–Trinajstić information content (AvgIpc) is 2.69. The third-order valence-corrected chi connectivity index (χ3v) is 3.63. The molecular weight excluding hydrogens is 423 g/mol. The Balaban J connectivity index is 2.06. The molecule has 0 aliphatic carbocycles. The lowest BCUT2D eigenvalue weighted by Gasteiger charge is -2.14. The molecule has 15 heteroatoms. The predicted molar refractivity (Wildman–Crippen MR) is 88.6 cm³/mol. The van der Waals surface area contributed by atoms with Gasteiger partial charge in [0, 0.05) is 6.20 Å². The SMILES string of the molecule is COc1cc(OC)nc(/N=C(\[O-])NOS(=O)c2ncccc2OCC(F)(F)F)n1.